The van der Waals surface area contributed by atoms with Crippen molar-refractivity contribution in [1.82, 2.24) is 9.97 Å². The van der Waals surface area contributed by atoms with Crippen LogP contribution in [0.3, 0.4) is 0 Å². The fourth-order valence-electron chi connectivity index (χ4n) is 3.37. The van der Waals surface area contributed by atoms with E-state index in [2.05, 4.69) is 16.0 Å². The first-order chi connectivity index (χ1) is 12.9. The zero-order valence-corrected chi connectivity index (χ0v) is 15.8. The highest BCUT2D eigenvalue weighted by Crippen LogP contribution is 2.44. The Morgan fingerprint density at radius 1 is 1.33 bits per heavy atom. The zero-order chi connectivity index (χ0) is 19.0. The minimum atomic E-state index is -2.46. The number of nitrogen functional groups attached to an aromatic ring is 1. The number of nitrogens with zero attached hydrogens (tertiary/aromatic N) is 3. The van der Waals surface area contributed by atoms with Gasteiger partial charge in [-0.05, 0) is 43.5 Å². The fraction of sp³-hybridized carbons (Fsp3) is 0.350. The predicted molar refractivity (Wildman–Crippen MR) is 107 cm³/mol. The van der Waals surface area contributed by atoms with Crippen molar-refractivity contribution in [3.05, 3.63) is 40.9 Å². The molecule has 0 aliphatic heterocycles. The number of rotatable bonds is 5. The molecular formula is C20H20F2N4S. The summed E-state index contributed by atoms with van der Waals surface area (Å²) in [5, 5.41) is 1.04. The summed E-state index contributed by atoms with van der Waals surface area (Å²) in [4.78, 5) is 15.2. The molecule has 0 spiro atoms. The first-order valence-electron chi connectivity index (χ1n) is 8.96. The third kappa shape index (κ3) is 3.83. The molecule has 0 atom stereocenters. The molecular weight excluding hydrogens is 366 g/mol. The van der Waals surface area contributed by atoms with Crippen LogP contribution in [0.25, 0.3) is 21.5 Å². The maximum Gasteiger partial charge on any atom is 0.248 e. The Hall–Kier alpha value is -2.41. The molecule has 0 radical (unpaired) electrons. The lowest BCUT2D eigenvalue weighted by molar-refractivity contribution is -0.109. The van der Waals surface area contributed by atoms with E-state index < -0.39 is 5.92 Å². The number of aromatic nitrogens is 2. The van der Waals surface area contributed by atoms with E-state index in [1.165, 1.54) is 0 Å². The van der Waals surface area contributed by atoms with Gasteiger partial charge >= 0.3 is 0 Å². The third-order valence-electron chi connectivity index (χ3n) is 4.76. The lowest BCUT2D eigenvalue weighted by Gasteiger charge is -2.34. The summed E-state index contributed by atoms with van der Waals surface area (Å²) >= 11 is 1.58. The van der Waals surface area contributed by atoms with Gasteiger partial charge in [-0.3, -0.25) is 4.99 Å². The Labute approximate surface area is 160 Å². The molecule has 2 N–H and O–H groups in total. The standard InChI is InChI=1S/C20H20F2N4S/c1-2-24-10-15-6-14(11-25-18(15)23)17-4-3-13-7-16(27-19(13)26-17)5-12-8-20(21,22)9-12/h3-4,6-7,10-12H,2,5,8-9H2,1H3,(H2,23,25). The van der Waals surface area contributed by atoms with Crippen molar-refractivity contribution in [3.63, 3.8) is 0 Å². The highest BCUT2D eigenvalue weighted by Gasteiger charge is 2.45. The van der Waals surface area contributed by atoms with Gasteiger partial charge in [-0.25, -0.2) is 18.7 Å². The van der Waals surface area contributed by atoms with Crippen molar-refractivity contribution in [2.45, 2.75) is 32.1 Å². The van der Waals surface area contributed by atoms with E-state index >= 15 is 0 Å². The first kappa shape index (κ1) is 18.0. The highest BCUT2D eigenvalue weighted by molar-refractivity contribution is 7.18. The van der Waals surface area contributed by atoms with E-state index in [4.69, 9.17) is 10.7 Å². The van der Waals surface area contributed by atoms with Crippen molar-refractivity contribution in [2.75, 3.05) is 12.3 Å². The van der Waals surface area contributed by atoms with Crippen LogP contribution in [0.5, 0.6) is 0 Å². The lowest BCUT2D eigenvalue weighted by Crippen LogP contribution is -2.36. The van der Waals surface area contributed by atoms with E-state index in [9.17, 15) is 8.78 Å². The average molecular weight is 386 g/mol. The number of hydrogen-bond acceptors (Lipinski definition) is 5. The van der Waals surface area contributed by atoms with Crippen LogP contribution in [0.1, 0.15) is 30.2 Å². The van der Waals surface area contributed by atoms with E-state index in [1.54, 1.807) is 23.7 Å². The van der Waals surface area contributed by atoms with Gasteiger partial charge in [0.15, 0.2) is 0 Å². The summed E-state index contributed by atoms with van der Waals surface area (Å²) in [5.41, 5.74) is 8.37. The predicted octanol–water partition coefficient (Wildman–Crippen LogP) is 4.97. The molecule has 1 fully saturated rings. The summed E-state index contributed by atoms with van der Waals surface area (Å²) in [6.45, 7) is 2.64. The number of thiophene rings is 1. The molecule has 4 rings (SSSR count). The Morgan fingerprint density at radius 3 is 2.89 bits per heavy atom. The number of hydrogen-bond donors (Lipinski definition) is 1. The second-order valence-corrected chi connectivity index (χ2v) is 8.08. The molecule has 4 nitrogen and oxygen atoms in total. The molecule has 0 unspecified atom stereocenters. The minimum Gasteiger partial charge on any atom is -0.383 e. The van der Waals surface area contributed by atoms with Gasteiger partial charge in [0.2, 0.25) is 5.92 Å². The van der Waals surface area contributed by atoms with Gasteiger partial charge in [-0.2, -0.15) is 0 Å². The largest absolute Gasteiger partial charge is 0.383 e. The van der Waals surface area contributed by atoms with Crippen molar-refractivity contribution in [1.29, 1.82) is 0 Å². The maximum atomic E-state index is 13.0. The molecule has 140 valence electrons. The Balaban J connectivity index is 1.59. The van der Waals surface area contributed by atoms with Crippen molar-refractivity contribution in [2.24, 2.45) is 10.9 Å². The van der Waals surface area contributed by atoms with Gasteiger partial charge in [0.25, 0.3) is 0 Å². The highest BCUT2D eigenvalue weighted by atomic mass is 32.1. The fourth-order valence-corrected chi connectivity index (χ4v) is 4.51. The molecule has 0 bridgehead atoms. The molecule has 0 aromatic carbocycles. The van der Waals surface area contributed by atoms with Gasteiger partial charge in [0.1, 0.15) is 10.6 Å². The third-order valence-corrected chi connectivity index (χ3v) is 5.82. The Bertz CT molecular complexity index is 1000. The van der Waals surface area contributed by atoms with Crippen LogP contribution in [-0.2, 0) is 6.42 Å². The van der Waals surface area contributed by atoms with Crippen LogP contribution in [0, 0.1) is 5.92 Å². The second-order valence-electron chi connectivity index (χ2n) is 6.96. The van der Waals surface area contributed by atoms with Crippen LogP contribution in [0.4, 0.5) is 14.6 Å². The average Bonchev–Trinajstić information content (AvgIpc) is 3.01. The molecule has 1 aliphatic carbocycles. The van der Waals surface area contributed by atoms with Crippen LogP contribution in [-0.4, -0.2) is 28.6 Å². The van der Waals surface area contributed by atoms with E-state index in [0.717, 1.165) is 31.9 Å². The van der Waals surface area contributed by atoms with Crippen LogP contribution in [0.2, 0.25) is 0 Å². The molecule has 3 aromatic rings. The summed E-state index contributed by atoms with van der Waals surface area (Å²) < 4.78 is 26.1. The van der Waals surface area contributed by atoms with Crippen LogP contribution < -0.4 is 5.73 Å². The second kappa shape index (κ2) is 6.96. The SMILES string of the molecule is CCN=Cc1cc(-c2ccc3cc(CC4CC(F)(F)C4)sc3n2)cnc1N. The normalized spacial score (nSPS) is 16.9. The maximum absolute atomic E-state index is 13.0. The Kier molecular flexibility index (Phi) is 4.63. The van der Waals surface area contributed by atoms with Gasteiger partial charge in [-0.15, -0.1) is 11.3 Å². The molecule has 1 saturated carbocycles. The number of fused-ring (bicyclic) bond motifs is 1. The first-order valence-corrected chi connectivity index (χ1v) is 9.78. The monoisotopic (exact) mass is 386 g/mol. The quantitative estimate of drug-likeness (QED) is 0.630. The topological polar surface area (TPSA) is 64.2 Å². The number of alkyl halides is 2. The van der Waals surface area contributed by atoms with E-state index in [-0.39, 0.29) is 18.8 Å². The number of halogens is 2. The Morgan fingerprint density at radius 2 is 2.15 bits per heavy atom. The van der Waals surface area contributed by atoms with Gasteiger partial charge in [0.05, 0.1) is 5.69 Å². The molecule has 3 heterocycles. The van der Waals surface area contributed by atoms with Crippen molar-refractivity contribution < 1.29 is 8.78 Å². The van der Waals surface area contributed by atoms with Crippen molar-refractivity contribution in [3.8, 4) is 11.3 Å². The number of anilines is 1. The summed E-state index contributed by atoms with van der Waals surface area (Å²) in [5.74, 6) is -1.95. The number of aliphatic imine (C=N–C) groups is 1. The van der Waals surface area contributed by atoms with E-state index in [0.29, 0.717) is 18.8 Å². The number of pyridine rings is 2. The molecule has 3 aromatic heterocycles. The van der Waals surface area contributed by atoms with Crippen molar-refractivity contribution >= 4 is 33.6 Å². The number of nitrogens with two attached hydrogens (primary N) is 1. The minimum absolute atomic E-state index is 0.000872. The molecule has 27 heavy (non-hydrogen) atoms. The molecule has 0 amide bonds. The van der Waals surface area contributed by atoms with Gasteiger partial charge in [0, 0.05) is 53.2 Å². The summed E-state index contributed by atoms with van der Waals surface area (Å²) in [6.07, 6.45) is 4.13. The molecule has 1 aliphatic rings. The smallest absolute Gasteiger partial charge is 0.248 e. The zero-order valence-electron chi connectivity index (χ0n) is 15.0. The summed E-state index contributed by atoms with van der Waals surface area (Å²) in [6, 6.07) is 7.96. The summed E-state index contributed by atoms with van der Waals surface area (Å²) in [7, 11) is 0. The van der Waals surface area contributed by atoms with Crippen LogP contribution >= 0.6 is 11.3 Å². The van der Waals surface area contributed by atoms with Gasteiger partial charge in [-0.1, -0.05) is 0 Å². The van der Waals surface area contributed by atoms with Gasteiger partial charge < -0.3 is 5.73 Å². The van der Waals surface area contributed by atoms with E-state index in [1.807, 2.05) is 25.1 Å². The molecule has 0 saturated heterocycles. The lowest BCUT2D eigenvalue weighted by atomic mass is 9.79. The molecule has 7 heteroatoms. The van der Waals surface area contributed by atoms with Crippen LogP contribution in [0.15, 0.2) is 35.5 Å².